The van der Waals surface area contributed by atoms with E-state index in [1.807, 2.05) is 18.2 Å². The second kappa shape index (κ2) is 9.87. The fourth-order valence-electron chi connectivity index (χ4n) is 3.04. The van der Waals surface area contributed by atoms with E-state index < -0.39 is 16.0 Å². The Balaban J connectivity index is 1.87. The van der Waals surface area contributed by atoms with E-state index in [0.717, 1.165) is 16.7 Å². The number of hydrogen-bond donors (Lipinski definition) is 2. The van der Waals surface area contributed by atoms with E-state index >= 15 is 0 Å². The number of rotatable bonds is 8. The maximum Gasteiger partial charge on any atom is 0.331 e. The van der Waals surface area contributed by atoms with Gasteiger partial charge in [-0.3, -0.25) is 4.98 Å². The topological polar surface area (TPSA) is 96.4 Å². The molecular formula is C23H21ClN2O4S. The average Bonchev–Trinajstić information content (AvgIpc) is 2.76. The molecule has 2 aromatic carbocycles. The molecule has 3 rings (SSSR count). The first-order valence-corrected chi connectivity index (χ1v) is 11.3. The largest absolute Gasteiger partial charge is 0.478 e. The molecule has 31 heavy (non-hydrogen) atoms. The predicted octanol–water partition coefficient (Wildman–Crippen LogP) is 4.33. The third-order valence-electron chi connectivity index (χ3n) is 4.75. The quantitative estimate of drug-likeness (QED) is 0.492. The van der Waals surface area contributed by atoms with Crippen LogP contribution in [0.2, 0.25) is 5.02 Å². The number of sulfonamides is 1. The first kappa shape index (κ1) is 22.7. The maximum absolute atomic E-state index is 12.7. The number of carboxylic acid groups (broad SMARTS) is 1. The van der Waals surface area contributed by atoms with E-state index in [-0.39, 0.29) is 22.9 Å². The van der Waals surface area contributed by atoms with E-state index in [2.05, 4.69) is 9.71 Å². The van der Waals surface area contributed by atoms with Gasteiger partial charge in [0.2, 0.25) is 10.0 Å². The summed E-state index contributed by atoms with van der Waals surface area (Å²) in [7, 11) is -3.73. The van der Waals surface area contributed by atoms with Crippen molar-refractivity contribution in [3.63, 3.8) is 0 Å². The number of benzene rings is 2. The van der Waals surface area contributed by atoms with Gasteiger partial charge in [0.25, 0.3) is 0 Å². The SMILES string of the molecule is CC(=Cc1ccc(C(CNS(=O)(=O)c2ccc(Cl)cc2)c2cccnc2)cc1)C(=O)O. The predicted molar refractivity (Wildman–Crippen MR) is 120 cm³/mol. The highest BCUT2D eigenvalue weighted by Crippen LogP contribution is 2.25. The Bertz CT molecular complexity index is 1180. The van der Waals surface area contributed by atoms with Crippen molar-refractivity contribution in [1.82, 2.24) is 9.71 Å². The van der Waals surface area contributed by atoms with Gasteiger partial charge in [-0.15, -0.1) is 0 Å². The zero-order valence-corrected chi connectivity index (χ0v) is 18.3. The van der Waals surface area contributed by atoms with Crippen LogP contribution in [0.5, 0.6) is 0 Å². The molecule has 0 spiro atoms. The maximum atomic E-state index is 12.7. The molecule has 1 unspecified atom stereocenters. The summed E-state index contributed by atoms with van der Waals surface area (Å²) in [5, 5.41) is 9.50. The zero-order chi connectivity index (χ0) is 22.4. The summed E-state index contributed by atoms with van der Waals surface area (Å²) >= 11 is 5.85. The molecule has 0 bridgehead atoms. The molecule has 0 radical (unpaired) electrons. The van der Waals surface area contributed by atoms with Gasteiger partial charge < -0.3 is 5.11 Å². The van der Waals surface area contributed by atoms with Crippen LogP contribution in [-0.2, 0) is 14.8 Å². The lowest BCUT2D eigenvalue weighted by Gasteiger charge is -2.19. The lowest BCUT2D eigenvalue weighted by molar-refractivity contribution is -0.132. The van der Waals surface area contributed by atoms with Gasteiger partial charge in [0.05, 0.1) is 4.90 Å². The number of nitrogens with zero attached hydrogens (tertiary/aromatic N) is 1. The summed E-state index contributed by atoms with van der Waals surface area (Å²) in [4.78, 5) is 15.3. The first-order valence-electron chi connectivity index (χ1n) is 9.43. The molecule has 0 saturated carbocycles. The van der Waals surface area contributed by atoms with Crippen molar-refractivity contribution in [1.29, 1.82) is 0 Å². The molecule has 2 N–H and O–H groups in total. The third-order valence-corrected chi connectivity index (χ3v) is 6.44. The standard InChI is InChI=1S/C23H21ClN2O4S/c1-16(23(27)28)13-17-4-6-18(7-5-17)22(19-3-2-12-25-14-19)15-26-31(29,30)21-10-8-20(24)9-11-21/h2-14,22,26H,15H2,1H3,(H,27,28). The summed E-state index contributed by atoms with van der Waals surface area (Å²) < 4.78 is 28.1. The van der Waals surface area contributed by atoms with Crippen molar-refractivity contribution in [2.24, 2.45) is 0 Å². The summed E-state index contributed by atoms with van der Waals surface area (Å²) in [6, 6.07) is 17.0. The molecule has 0 saturated heterocycles. The number of aromatic nitrogens is 1. The Hall–Kier alpha value is -3.00. The van der Waals surface area contributed by atoms with Crippen LogP contribution in [0.15, 0.2) is 83.5 Å². The fraction of sp³-hybridized carbons (Fsp3) is 0.130. The molecule has 3 aromatic rings. The van der Waals surface area contributed by atoms with Crippen LogP contribution in [0.25, 0.3) is 6.08 Å². The number of carbonyl (C=O) groups is 1. The molecular weight excluding hydrogens is 436 g/mol. The van der Waals surface area contributed by atoms with Crippen LogP contribution in [0.4, 0.5) is 0 Å². The van der Waals surface area contributed by atoms with Gasteiger partial charge in [0.15, 0.2) is 0 Å². The van der Waals surface area contributed by atoms with Crippen molar-refractivity contribution < 1.29 is 18.3 Å². The molecule has 0 aliphatic carbocycles. The average molecular weight is 457 g/mol. The monoisotopic (exact) mass is 456 g/mol. The molecule has 160 valence electrons. The molecule has 0 amide bonds. The Morgan fingerprint density at radius 3 is 2.35 bits per heavy atom. The van der Waals surface area contributed by atoms with Gasteiger partial charge in [0, 0.05) is 35.5 Å². The van der Waals surface area contributed by atoms with Gasteiger partial charge in [-0.25, -0.2) is 17.9 Å². The van der Waals surface area contributed by atoms with Crippen LogP contribution in [0.1, 0.15) is 29.5 Å². The summed E-state index contributed by atoms with van der Waals surface area (Å²) in [5.74, 6) is -1.26. The highest BCUT2D eigenvalue weighted by atomic mass is 35.5. The molecule has 0 fully saturated rings. The normalized spacial score (nSPS) is 13.0. The zero-order valence-electron chi connectivity index (χ0n) is 16.7. The molecule has 6 nitrogen and oxygen atoms in total. The minimum Gasteiger partial charge on any atom is -0.478 e. The summed E-state index contributed by atoms with van der Waals surface area (Å²) in [6.45, 7) is 1.65. The van der Waals surface area contributed by atoms with Crippen LogP contribution in [0, 0.1) is 0 Å². The van der Waals surface area contributed by atoms with E-state index in [1.165, 1.54) is 31.2 Å². The van der Waals surface area contributed by atoms with E-state index in [0.29, 0.717) is 5.02 Å². The van der Waals surface area contributed by atoms with Gasteiger partial charge >= 0.3 is 5.97 Å². The van der Waals surface area contributed by atoms with E-state index in [4.69, 9.17) is 16.7 Å². The Morgan fingerprint density at radius 2 is 1.77 bits per heavy atom. The number of carboxylic acids is 1. The highest BCUT2D eigenvalue weighted by Gasteiger charge is 2.20. The van der Waals surface area contributed by atoms with Crippen molar-refractivity contribution in [3.05, 3.63) is 100 Å². The number of aliphatic carboxylic acids is 1. The Labute approximate surface area is 186 Å². The van der Waals surface area contributed by atoms with Crippen LogP contribution in [0.3, 0.4) is 0 Å². The van der Waals surface area contributed by atoms with E-state index in [9.17, 15) is 13.2 Å². The van der Waals surface area contributed by atoms with Gasteiger partial charge in [0.1, 0.15) is 0 Å². The minimum atomic E-state index is -3.73. The number of pyridine rings is 1. The van der Waals surface area contributed by atoms with Crippen LogP contribution in [-0.4, -0.2) is 31.0 Å². The van der Waals surface area contributed by atoms with Crippen molar-refractivity contribution in [2.45, 2.75) is 17.7 Å². The molecule has 1 heterocycles. The molecule has 1 aromatic heterocycles. The van der Waals surface area contributed by atoms with Crippen molar-refractivity contribution in [3.8, 4) is 0 Å². The smallest absolute Gasteiger partial charge is 0.331 e. The molecule has 1 atom stereocenters. The van der Waals surface area contributed by atoms with Crippen LogP contribution < -0.4 is 4.72 Å². The Kier molecular flexibility index (Phi) is 7.22. The number of hydrogen-bond acceptors (Lipinski definition) is 4. The van der Waals surface area contributed by atoms with Gasteiger partial charge in [-0.05, 0) is 60.0 Å². The number of halogens is 1. The second-order valence-corrected chi connectivity index (χ2v) is 9.15. The van der Waals surface area contributed by atoms with Gasteiger partial charge in [-0.2, -0.15) is 0 Å². The van der Waals surface area contributed by atoms with Gasteiger partial charge in [-0.1, -0.05) is 41.9 Å². The third kappa shape index (κ3) is 6.01. The van der Waals surface area contributed by atoms with E-state index in [1.54, 1.807) is 36.7 Å². The molecule has 0 aliphatic rings. The lowest BCUT2D eigenvalue weighted by atomic mass is 9.92. The van der Waals surface area contributed by atoms with Crippen molar-refractivity contribution >= 4 is 33.7 Å². The second-order valence-electron chi connectivity index (χ2n) is 6.94. The van der Waals surface area contributed by atoms with Crippen molar-refractivity contribution in [2.75, 3.05) is 6.54 Å². The Morgan fingerprint density at radius 1 is 1.10 bits per heavy atom. The van der Waals surface area contributed by atoms with Crippen LogP contribution >= 0.6 is 11.6 Å². The number of nitrogens with one attached hydrogen (secondary N) is 1. The molecule has 8 heteroatoms. The highest BCUT2D eigenvalue weighted by molar-refractivity contribution is 7.89. The minimum absolute atomic E-state index is 0.125. The summed E-state index contributed by atoms with van der Waals surface area (Å²) in [5.41, 5.74) is 2.70. The molecule has 0 aliphatic heterocycles. The fourth-order valence-corrected chi connectivity index (χ4v) is 4.21. The lowest BCUT2D eigenvalue weighted by Crippen LogP contribution is -2.29. The first-order chi connectivity index (χ1) is 14.8. The summed E-state index contributed by atoms with van der Waals surface area (Å²) in [6.07, 6.45) is 4.93.